The summed E-state index contributed by atoms with van der Waals surface area (Å²) in [5.74, 6) is 2.36. The van der Waals surface area contributed by atoms with E-state index in [1.165, 1.54) is 18.4 Å². The molecule has 1 heterocycles. The summed E-state index contributed by atoms with van der Waals surface area (Å²) in [4.78, 5) is 17.8. The van der Waals surface area contributed by atoms with Crippen molar-refractivity contribution in [1.82, 2.24) is 9.88 Å². The van der Waals surface area contributed by atoms with Crippen molar-refractivity contribution in [3.63, 3.8) is 0 Å². The summed E-state index contributed by atoms with van der Waals surface area (Å²) >= 11 is 0. The molecule has 25 heavy (non-hydrogen) atoms. The summed E-state index contributed by atoms with van der Waals surface area (Å²) in [6, 6.07) is 9.89. The van der Waals surface area contributed by atoms with Gasteiger partial charge in [-0.2, -0.15) is 0 Å². The highest BCUT2D eigenvalue weighted by molar-refractivity contribution is 5.93. The zero-order valence-corrected chi connectivity index (χ0v) is 15.1. The van der Waals surface area contributed by atoms with Gasteiger partial charge in [-0.3, -0.25) is 4.79 Å². The number of benzene rings is 1. The number of carbonyl (C=O) groups is 1. The average molecular weight is 339 g/mol. The number of aryl methyl sites for hydroxylation is 1. The summed E-state index contributed by atoms with van der Waals surface area (Å²) in [6.45, 7) is 3.51. The molecule has 1 aliphatic carbocycles. The molecule has 5 nitrogen and oxygen atoms in total. The monoisotopic (exact) mass is 339 g/mol. The molecule has 0 unspecified atom stereocenters. The summed E-state index contributed by atoms with van der Waals surface area (Å²) in [5.41, 5.74) is 2.89. The second-order valence-electron chi connectivity index (χ2n) is 6.85. The van der Waals surface area contributed by atoms with E-state index in [1.54, 1.807) is 31.3 Å². The van der Waals surface area contributed by atoms with Crippen molar-refractivity contribution in [2.24, 2.45) is 5.92 Å². The van der Waals surface area contributed by atoms with Crippen LogP contribution >= 0.6 is 0 Å². The zero-order chi connectivity index (χ0) is 17.8. The molecule has 1 amide bonds. The molecule has 2 aromatic rings. The van der Waals surface area contributed by atoms with Crippen molar-refractivity contribution >= 4 is 11.7 Å². The van der Waals surface area contributed by atoms with Gasteiger partial charge in [0.25, 0.3) is 5.91 Å². The largest absolute Gasteiger partial charge is 0.493 e. The summed E-state index contributed by atoms with van der Waals surface area (Å²) in [6.07, 6.45) is 4.16. The van der Waals surface area contributed by atoms with Gasteiger partial charge in [-0.15, -0.1) is 0 Å². The summed E-state index contributed by atoms with van der Waals surface area (Å²) in [5, 5.41) is 3.30. The lowest BCUT2D eigenvalue weighted by Crippen LogP contribution is -2.21. The second-order valence-corrected chi connectivity index (χ2v) is 6.85. The summed E-state index contributed by atoms with van der Waals surface area (Å²) < 4.78 is 6.00. The third-order valence-corrected chi connectivity index (χ3v) is 4.27. The van der Waals surface area contributed by atoms with E-state index in [-0.39, 0.29) is 5.91 Å². The Balaban J connectivity index is 1.63. The number of ether oxygens (including phenoxy) is 1. The minimum absolute atomic E-state index is 0.0478. The van der Waals surface area contributed by atoms with Crippen LogP contribution in [0.2, 0.25) is 0 Å². The Kier molecular flexibility index (Phi) is 5.22. The van der Waals surface area contributed by atoms with Gasteiger partial charge in [0.15, 0.2) is 0 Å². The van der Waals surface area contributed by atoms with E-state index >= 15 is 0 Å². The molecular weight excluding hydrogens is 314 g/mol. The molecule has 1 saturated carbocycles. The second kappa shape index (κ2) is 7.55. The van der Waals surface area contributed by atoms with Gasteiger partial charge >= 0.3 is 0 Å². The van der Waals surface area contributed by atoms with Gasteiger partial charge in [-0.25, -0.2) is 4.98 Å². The predicted molar refractivity (Wildman–Crippen MR) is 99.0 cm³/mol. The molecule has 1 aromatic carbocycles. The maximum Gasteiger partial charge on any atom is 0.254 e. The first-order valence-corrected chi connectivity index (χ1v) is 8.67. The first-order chi connectivity index (χ1) is 12.0. The van der Waals surface area contributed by atoms with E-state index in [2.05, 4.69) is 35.4 Å². The van der Waals surface area contributed by atoms with Gasteiger partial charge in [-0.05, 0) is 49.4 Å². The number of aromatic nitrogens is 1. The fraction of sp³-hybridized carbons (Fsp3) is 0.400. The Labute approximate surface area is 149 Å². The van der Waals surface area contributed by atoms with Crippen molar-refractivity contribution in [3.05, 3.63) is 53.2 Å². The number of nitrogens with zero attached hydrogens (tertiary/aromatic N) is 2. The van der Waals surface area contributed by atoms with Gasteiger partial charge in [0.05, 0.1) is 12.2 Å². The van der Waals surface area contributed by atoms with E-state index in [1.807, 2.05) is 6.07 Å². The Morgan fingerprint density at radius 1 is 1.28 bits per heavy atom. The Hall–Kier alpha value is -2.56. The number of anilines is 1. The summed E-state index contributed by atoms with van der Waals surface area (Å²) in [7, 11) is 3.46. The molecule has 3 rings (SSSR count). The Bertz CT molecular complexity index is 737. The van der Waals surface area contributed by atoms with Crippen LogP contribution in [-0.4, -0.2) is 36.5 Å². The van der Waals surface area contributed by atoms with Crippen molar-refractivity contribution in [2.45, 2.75) is 26.3 Å². The molecule has 5 heteroatoms. The Morgan fingerprint density at radius 2 is 2.08 bits per heavy atom. The molecule has 0 bridgehead atoms. The standard InChI is InChI=1S/C20H25N3O2/c1-14-4-7-16(18(10-14)25-13-15-5-6-15)11-21-19-9-8-17(12-22-19)20(24)23(2)3/h4,7-10,12,15H,5-6,11,13H2,1-3H3,(H,21,22). The number of hydrogen-bond acceptors (Lipinski definition) is 4. The molecule has 0 spiro atoms. The van der Waals surface area contributed by atoms with Crippen molar-refractivity contribution in [1.29, 1.82) is 0 Å². The van der Waals surface area contributed by atoms with E-state index in [9.17, 15) is 4.79 Å². The van der Waals surface area contributed by atoms with Gasteiger partial charge in [-0.1, -0.05) is 12.1 Å². The minimum atomic E-state index is -0.0478. The molecule has 0 aliphatic heterocycles. The third kappa shape index (κ3) is 4.72. The first-order valence-electron chi connectivity index (χ1n) is 8.67. The fourth-order valence-electron chi connectivity index (χ4n) is 2.50. The molecule has 0 radical (unpaired) electrons. The van der Waals surface area contributed by atoms with E-state index in [0.717, 1.165) is 29.7 Å². The molecule has 0 saturated heterocycles. The van der Waals surface area contributed by atoms with Crippen LogP contribution < -0.4 is 10.1 Å². The quantitative estimate of drug-likeness (QED) is 0.839. The van der Waals surface area contributed by atoms with Crippen LogP contribution in [0.4, 0.5) is 5.82 Å². The molecule has 0 atom stereocenters. The van der Waals surface area contributed by atoms with E-state index in [4.69, 9.17) is 4.74 Å². The first kappa shape index (κ1) is 17.3. The molecule has 1 aliphatic rings. The lowest BCUT2D eigenvalue weighted by Gasteiger charge is -2.14. The van der Waals surface area contributed by atoms with Crippen LogP contribution in [0.1, 0.15) is 34.3 Å². The molecule has 1 fully saturated rings. The average Bonchev–Trinajstić information content (AvgIpc) is 3.43. The normalized spacial score (nSPS) is 13.4. The lowest BCUT2D eigenvalue weighted by atomic mass is 10.1. The smallest absolute Gasteiger partial charge is 0.254 e. The molecule has 132 valence electrons. The highest BCUT2D eigenvalue weighted by Crippen LogP contribution is 2.31. The highest BCUT2D eigenvalue weighted by atomic mass is 16.5. The van der Waals surface area contributed by atoms with Gasteiger partial charge < -0.3 is 15.0 Å². The van der Waals surface area contributed by atoms with E-state index < -0.39 is 0 Å². The van der Waals surface area contributed by atoms with Crippen molar-refractivity contribution in [2.75, 3.05) is 26.0 Å². The molecule has 1 N–H and O–H groups in total. The number of rotatable bonds is 7. The SMILES string of the molecule is Cc1ccc(CNc2ccc(C(=O)N(C)C)cn2)c(OCC2CC2)c1. The third-order valence-electron chi connectivity index (χ3n) is 4.27. The van der Waals surface area contributed by atoms with Crippen LogP contribution in [0.25, 0.3) is 0 Å². The van der Waals surface area contributed by atoms with Crippen LogP contribution in [-0.2, 0) is 6.54 Å². The number of pyridine rings is 1. The number of hydrogen-bond donors (Lipinski definition) is 1. The number of amides is 1. The van der Waals surface area contributed by atoms with Crippen molar-refractivity contribution < 1.29 is 9.53 Å². The molecule has 1 aromatic heterocycles. The van der Waals surface area contributed by atoms with Crippen LogP contribution in [0.15, 0.2) is 36.5 Å². The fourth-order valence-corrected chi connectivity index (χ4v) is 2.50. The maximum absolute atomic E-state index is 11.9. The maximum atomic E-state index is 11.9. The van der Waals surface area contributed by atoms with Crippen molar-refractivity contribution in [3.8, 4) is 5.75 Å². The van der Waals surface area contributed by atoms with Crippen LogP contribution in [0.3, 0.4) is 0 Å². The van der Waals surface area contributed by atoms with Crippen LogP contribution in [0, 0.1) is 12.8 Å². The zero-order valence-electron chi connectivity index (χ0n) is 15.1. The predicted octanol–water partition coefficient (Wildman–Crippen LogP) is 3.49. The number of carbonyl (C=O) groups excluding carboxylic acids is 1. The topological polar surface area (TPSA) is 54.5 Å². The van der Waals surface area contributed by atoms with Gasteiger partial charge in [0.2, 0.25) is 0 Å². The minimum Gasteiger partial charge on any atom is -0.493 e. The van der Waals surface area contributed by atoms with Gasteiger partial charge in [0, 0.05) is 32.4 Å². The van der Waals surface area contributed by atoms with E-state index in [0.29, 0.717) is 12.1 Å². The Morgan fingerprint density at radius 3 is 2.72 bits per heavy atom. The highest BCUT2D eigenvalue weighted by Gasteiger charge is 2.22. The molecular formula is C20H25N3O2. The lowest BCUT2D eigenvalue weighted by molar-refractivity contribution is 0.0827. The number of nitrogens with one attached hydrogen (secondary N) is 1. The van der Waals surface area contributed by atoms with Gasteiger partial charge in [0.1, 0.15) is 11.6 Å². The van der Waals surface area contributed by atoms with Crippen LogP contribution in [0.5, 0.6) is 5.75 Å².